The monoisotopic (exact) mass is 315 g/mol. The van der Waals surface area contributed by atoms with Crippen molar-refractivity contribution in [1.29, 1.82) is 0 Å². The maximum absolute atomic E-state index is 11.9. The fourth-order valence-electron chi connectivity index (χ4n) is 2.32. The molecule has 6 heteroatoms. The van der Waals surface area contributed by atoms with Crippen molar-refractivity contribution in [1.82, 2.24) is 15.1 Å². The average Bonchev–Trinajstić information content (AvgIpc) is 3.03. The van der Waals surface area contributed by atoms with Gasteiger partial charge in [-0.15, -0.1) is 0 Å². The second kappa shape index (κ2) is 7.58. The Morgan fingerprint density at radius 2 is 2.13 bits per heavy atom. The lowest BCUT2D eigenvalue weighted by atomic mass is 10.1. The normalized spacial score (nSPS) is 11.9. The number of nitrogens with one attached hydrogen (secondary N) is 1. The molecule has 1 atom stereocenters. The van der Waals surface area contributed by atoms with E-state index in [9.17, 15) is 9.59 Å². The molecule has 1 aromatic heterocycles. The van der Waals surface area contributed by atoms with Crippen molar-refractivity contribution >= 4 is 11.9 Å². The van der Waals surface area contributed by atoms with E-state index in [0.29, 0.717) is 6.54 Å². The summed E-state index contributed by atoms with van der Waals surface area (Å²) in [4.78, 5) is 22.8. The van der Waals surface area contributed by atoms with Crippen LogP contribution in [0.4, 0.5) is 0 Å². The lowest BCUT2D eigenvalue weighted by Crippen LogP contribution is -2.28. The van der Waals surface area contributed by atoms with E-state index in [1.165, 1.54) is 10.7 Å². The van der Waals surface area contributed by atoms with E-state index in [2.05, 4.69) is 17.3 Å². The van der Waals surface area contributed by atoms with Crippen LogP contribution in [0.15, 0.2) is 36.5 Å². The highest BCUT2D eigenvalue weighted by atomic mass is 16.4. The molecular formula is C17H21N3O3. The van der Waals surface area contributed by atoms with Gasteiger partial charge in [0.15, 0.2) is 5.69 Å². The highest BCUT2D eigenvalue weighted by molar-refractivity contribution is 5.85. The third-order valence-corrected chi connectivity index (χ3v) is 3.62. The molecule has 0 saturated carbocycles. The molecule has 0 radical (unpaired) electrons. The molecule has 1 aromatic carbocycles. The van der Waals surface area contributed by atoms with Gasteiger partial charge in [0.1, 0.15) is 0 Å². The molecule has 2 aromatic rings. The minimum absolute atomic E-state index is 0.00269. The molecule has 0 aliphatic heterocycles. The summed E-state index contributed by atoms with van der Waals surface area (Å²) in [7, 11) is 0. The molecule has 0 aliphatic rings. The zero-order valence-electron chi connectivity index (χ0n) is 13.3. The molecule has 6 nitrogen and oxygen atoms in total. The summed E-state index contributed by atoms with van der Waals surface area (Å²) >= 11 is 0. The topological polar surface area (TPSA) is 84.2 Å². The van der Waals surface area contributed by atoms with Gasteiger partial charge in [-0.2, -0.15) is 5.10 Å². The number of carbonyl (C=O) groups is 2. The number of hydrogen-bond acceptors (Lipinski definition) is 3. The third-order valence-electron chi connectivity index (χ3n) is 3.62. The van der Waals surface area contributed by atoms with E-state index >= 15 is 0 Å². The molecule has 2 N–H and O–H groups in total. The van der Waals surface area contributed by atoms with Crippen LogP contribution in [-0.4, -0.2) is 26.8 Å². The van der Waals surface area contributed by atoms with E-state index in [1.54, 1.807) is 6.20 Å². The molecule has 0 spiro atoms. The van der Waals surface area contributed by atoms with Crippen molar-refractivity contribution in [2.24, 2.45) is 5.92 Å². The summed E-state index contributed by atoms with van der Waals surface area (Å²) in [5, 5.41) is 15.8. The zero-order valence-corrected chi connectivity index (χ0v) is 13.3. The van der Waals surface area contributed by atoms with E-state index in [4.69, 9.17) is 5.11 Å². The number of benzene rings is 1. The van der Waals surface area contributed by atoms with Crippen molar-refractivity contribution in [2.45, 2.75) is 33.2 Å². The smallest absolute Gasteiger partial charge is 0.356 e. The fraction of sp³-hybridized carbons (Fsp3) is 0.353. The molecule has 2 rings (SSSR count). The van der Waals surface area contributed by atoms with Gasteiger partial charge in [-0.3, -0.25) is 4.79 Å². The third kappa shape index (κ3) is 4.42. The van der Waals surface area contributed by atoms with Gasteiger partial charge in [0.05, 0.1) is 5.69 Å². The molecule has 0 bridgehead atoms. The summed E-state index contributed by atoms with van der Waals surface area (Å²) in [6.07, 6.45) is 3.46. The molecule has 1 unspecified atom stereocenters. The Balaban J connectivity index is 2.04. The predicted octanol–water partition coefficient (Wildman–Crippen LogP) is 2.62. The van der Waals surface area contributed by atoms with E-state index < -0.39 is 5.97 Å². The first-order chi connectivity index (χ1) is 11.0. The molecule has 0 fully saturated rings. The average molecular weight is 315 g/mol. The number of aromatic nitrogens is 2. The maximum atomic E-state index is 11.9. The van der Waals surface area contributed by atoms with Gasteiger partial charge in [0.25, 0.3) is 0 Å². The number of hydrogen-bond donors (Lipinski definition) is 2. The molecular weight excluding hydrogens is 294 g/mol. The van der Waals surface area contributed by atoms with Crippen LogP contribution in [-0.2, 0) is 11.3 Å². The van der Waals surface area contributed by atoms with Gasteiger partial charge >= 0.3 is 5.97 Å². The van der Waals surface area contributed by atoms with Gasteiger partial charge in [-0.1, -0.05) is 32.4 Å². The molecule has 1 heterocycles. The largest absolute Gasteiger partial charge is 0.476 e. The molecule has 1 amide bonds. The zero-order chi connectivity index (χ0) is 16.8. The Kier molecular flexibility index (Phi) is 5.51. The Bertz CT molecular complexity index is 694. The second-order valence-electron chi connectivity index (χ2n) is 5.53. The van der Waals surface area contributed by atoms with Gasteiger partial charge in [-0.25, -0.2) is 9.48 Å². The van der Waals surface area contributed by atoms with Gasteiger partial charge in [0.2, 0.25) is 5.91 Å². The number of aromatic carboxylic acids is 1. The first-order valence-electron chi connectivity index (χ1n) is 7.67. The predicted molar refractivity (Wildman–Crippen MR) is 86.4 cm³/mol. The first kappa shape index (κ1) is 16.7. The van der Waals surface area contributed by atoms with Crippen molar-refractivity contribution in [3.05, 3.63) is 47.8 Å². The summed E-state index contributed by atoms with van der Waals surface area (Å²) in [6, 6.07) is 8.93. The first-order valence-corrected chi connectivity index (χ1v) is 7.67. The lowest BCUT2D eigenvalue weighted by Gasteiger charge is -2.11. The summed E-state index contributed by atoms with van der Waals surface area (Å²) in [5.74, 6) is -1.01. The standard InChI is InChI=1S/C17H21N3O3/c1-3-5-12(2)16(21)18-11-13-6-4-7-14(10-13)20-9-8-15(19-20)17(22)23/h4,6-10,12H,3,5,11H2,1-2H3,(H,18,21)(H,22,23). The van der Waals surface area contributed by atoms with E-state index in [-0.39, 0.29) is 17.5 Å². The van der Waals surface area contributed by atoms with Gasteiger partial charge in [-0.05, 0) is 30.2 Å². The highest BCUT2D eigenvalue weighted by Crippen LogP contribution is 2.11. The number of carboxylic acids is 1. The van der Waals surface area contributed by atoms with Gasteiger partial charge < -0.3 is 10.4 Å². The van der Waals surface area contributed by atoms with Crippen LogP contribution in [0.2, 0.25) is 0 Å². The SMILES string of the molecule is CCCC(C)C(=O)NCc1cccc(-n2ccc(C(=O)O)n2)c1. The lowest BCUT2D eigenvalue weighted by molar-refractivity contribution is -0.124. The minimum atomic E-state index is -1.06. The van der Waals surface area contributed by atoms with Crippen LogP contribution in [0, 0.1) is 5.92 Å². The molecule has 23 heavy (non-hydrogen) atoms. The van der Waals surface area contributed by atoms with E-state index in [0.717, 1.165) is 24.1 Å². The quantitative estimate of drug-likeness (QED) is 0.822. The number of carbonyl (C=O) groups excluding carboxylic acids is 1. The van der Waals surface area contributed by atoms with Crippen LogP contribution < -0.4 is 5.32 Å². The Labute approximate surface area is 135 Å². The maximum Gasteiger partial charge on any atom is 0.356 e. The fourth-order valence-corrected chi connectivity index (χ4v) is 2.32. The second-order valence-corrected chi connectivity index (χ2v) is 5.53. The van der Waals surface area contributed by atoms with Crippen molar-refractivity contribution in [3.8, 4) is 5.69 Å². The number of carboxylic acid groups (broad SMARTS) is 1. The molecule has 0 aliphatic carbocycles. The molecule has 0 saturated heterocycles. The van der Waals surface area contributed by atoms with Gasteiger partial charge in [0, 0.05) is 18.7 Å². The van der Waals surface area contributed by atoms with Crippen LogP contribution in [0.5, 0.6) is 0 Å². The van der Waals surface area contributed by atoms with Crippen molar-refractivity contribution in [2.75, 3.05) is 0 Å². The Hall–Kier alpha value is -2.63. The summed E-state index contributed by atoms with van der Waals surface area (Å²) in [5.41, 5.74) is 1.69. The van der Waals surface area contributed by atoms with Crippen molar-refractivity contribution in [3.63, 3.8) is 0 Å². The highest BCUT2D eigenvalue weighted by Gasteiger charge is 2.11. The summed E-state index contributed by atoms with van der Waals surface area (Å²) < 4.78 is 1.51. The van der Waals surface area contributed by atoms with Crippen LogP contribution in [0.25, 0.3) is 5.69 Å². The Morgan fingerprint density at radius 1 is 1.35 bits per heavy atom. The van der Waals surface area contributed by atoms with Crippen LogP contribution in [0.1, 0.15) is 42.7 Å². The van der Waals surface area contributed by atoms with E-state index in [1.807, 2.05) is 31.2 Å². The number of amides is 1. The molecule has 122 valence electrons. The van der Waals surface area contributed by atoms with Crippen molar-refractivity contribution < 1.29 is 14.7 Å². The van der Waals surface area contributed by atoms with Crippen LogP contribution >= 0.6 is 0 Å². The number of nitrogens with zero attached hydrogens (tertiary/aromatic N) is 2. The minimum Gasteiger partial charge on any atom is -0.476 e. The number of rotatable bonds is 7. The van der Waals surface area contributed by atoms with Crippen LogP contribution in [0.3, 0.4) is 0 Å². The Morgan fingerprint density at radius 3 is 2.78 bits per heavy atom. The summed E-state index contributed by atoms with van der Waals surface area (Å²) in [6.45, 7) is 4.42.